The van der Waals surface area contributed by atoms with Gasteiger partial charge in [-0.3, -0.25) is 9.59 Å². The van der Waals surface area contributed by atoms with Crippen molar-refractivity contribution in [2.75, 3.05) is 19.0 Å². The number of amides is 2. The first-order chi connectivity index (χ1) is 11.6. The van der Waals surface area contributed by atoms with Crippen LogP contribution in [0, 0.1) is 0 Å². The first kappa shape index (κ1) is 17.8. The van der Waals surface area contributed by atoms with Crippen LogP contribution >= 0.6 is 11.6 Å². The molecule has 0 fully saturated rings. The molecule has 2 rings (SSSR count). The van der Waals surface area contributed by atoms with E-state index in [9.17, 15) is 9.59 Å². The van der Waals surface area contributed by atoms with E-state index in [4.69, 9.17) is 16.3 Å². The average Bonchev–Trinajstić information content (AvgIpc) is 2.56. The Kier molecular flexibility index (Phi) is 6.63. The number of hydrogen-bond donors (Lipinski definition) is 2. The van der Waals surface area contributed by atoms with Gasteiger partial charge in [-0.15, -0.1) is 0 Å². The first-order valence-electron chi connectivity index (χ1n) is 7.52. The third-order valence-corrected chi connectivity index (χ3v) is 3.63. The molecule has 0 unspecified atom stereocenters. The second-order valence-corrected chi connectivity index (χ2v) is 5.57. The maximum atomic E-state index is 11.9. The molecule has 5 nitrogen and oxygen atoms in total. The fourth-order valence-electron chi connectivity index (χ4n) is 2.15. The normalized spacial score (nSPS) is 10.1. The summed E-state index contributed by atoms with van der Waals surface area (Å²) in [6.45, 7) is 0.491. The Hall–Kier alpha value is -2.53. The molecule has 126 valence electrons. The van der Waals surface area contributed by atoms with Crippen LogP contribution in [0.25, 0.3) is 0 Å². The quantitative estimate of drug-likeness (QED) is 0.757. The predicted octanol–water partition coefficient (Wildman–Crippen LogP) is 3.04. The van der Waals surface area contributed by atoms with E-state index in [-0.39, 0.29) is 12.3 Å². The van der Waals surface area contributed by atoms with Crippen molar-refractivity contribution >= 4 is 29.1 Å². The largest absolute Gasteiger partial charge is 0.495 e. The third kappa shape index (κ3) is 5.59. The van der Waals surface area contributed by atoms with E-state index in [0.29, 0.717) is 23.0 Å². The zero-order chi connectivity index (χ0) is 17.4. The van der Waals surface area contributed by atoms with Crippen LogP contribution in [0.5, 0.6) is 5.75 Å². The number of hydrogen-bond acceptors (Lipinski definition) is 3. The van der Waals surface area contributed by atoms with E-state index in [2.05, 4.69) is 10.6 Å². The molecule has 6 heteroatoms. The van der Waals surface area contributed by atoms with Gasteiger partial charge in [0.05, 0.1) is 12.1 Å². The van der Waals surface area contributed by atoms with Crippen molar-refractivity contribution in [3.63, 3.8) is 0 Å². The molecule has 2 amide bonds. The lowest BCUT2D eigenvalue weighted by atomic mass is 10.1. The summed E-state index contributed by atoms with van der Waals surface area (Å²) in [4.78, 5) is 23.7. The summed E-state index contributed by atoms with van der Waals surface area (Å²) in [6, 6.07) is 14.7. The summed E-state index contributed by atoms with van der Waals surface area (Å²) in [7, 11) is 1.51. The second-order valence-electron chi connectivity index (χ2n) is 5.16. The van der Waals surface area contributed by atoms with Gasteiger partial charge >= 0.3 is 0 Å². The van der Waals surface area contributed by atoms with Gasteiger partial charge in [0.25, 0.3) is 0 Å². The van der Waals surface area contributed by atoms with E-state index in [1.165, 1.54) is 7.11 Å². The number of rotatable bonds is 7. The summed E-state index contributed by atoms with van der Waals surface area (Å²) >= 11 is 5.99. The molecule has 0 aromatic heterocycles. The maximum Gasteiger partial charge on any atom is 0.233 e. The van der Waals surface area contributed by atoms with Crippen LogP contribution < -0.4 is 15.4 Å². The van der Waals surface area contributed by atoms with Crippen LogP contribution in [0.4, 0.5) is 5.69 Å². The SMILES string of the molecule is COc1ccc(NC(=O)CC(=O)NCCc2ccccc2)cc1Cl. The van der Waals surface area contributed by atoms with Crippen molar-refractivity contribution in [2.45, 2.75) is 12.8 Å². The van der Waals surface area contributed by atoms with Gasteiger partial charge < -0.3 is 15.4 Å². The minimum absolute atomic E-state index is 0.238. The topological polar surface area (TPSA) is 67.4 Å². The molecule has 0 atom stereocenters. The van der Waals surface area contributed by atoms with Crippen LogP contribution in [0.2, 0.25) is 5.02 Å². The number of carbonyl (C=O) groups is 2. The van der Waals surface area contributed by atoms with Crippen molar-refractivity contribution in [2.24, 2.45) is 0 Å². The molecule has 24 heavy (non-hydrogen) atoms. The lowest BCUT2D eigenvalue weighted by Crippen LogP contribution is -2.29. The predicted molar refractivity (Wildman–Crippen MR) is 94.4 cm³/mol. The number of carbonyl (C=O) groups excluding carboxylic acids is 2. The summed E-state index contributed by atoms with van der Waals surface area (Å²) in [5.74, 6) is -0.190. The van der Waals surface area contributed by atoms with Crippen LogP contribution in [0.1, 0.15) is 12.0 Å². The van der Waals surface area contributed by atoms with E-state index in [1.807, 2.05) is 30.3 Å². The number of nitrogens with one attached hydrogen (secondary N) is 2. The van der Waals surface area contributed by atoms with Gasteiger partial charge in [0.15, 0.2) is 0 Å². The van der Waals surface area contributed by atoms with Crippen LogP contribution in [-0.4, -0.2) is 25.5 Å². The van der Waals surface area contributed by atoms with E-state index in [1.54, 1.807) is 18.2 Å². The Balaban J connectivity index is 1.75. The van der Waals surface area contributed by atoms with Crippen LogP contribution in [0.15, 0.2) is 48.5 Å². The summed E-state index contributed by atoms with van der Waals surface area (Å²) < 4.78 is 5.04. The smallest absolute Gasteiger partial charge is 0.233 e. The Morgan fingerprint density at radius 2 is 1.83 bits per heavy atom. The Bertz CT molecular complexity index is 705. The zero-order valence-corrected chi connectivity index (χ0v) is 14.1. The molecule has 2 aromatic carbocycles. The molecule has 2 N–H and O–H groups in total. The fourth-order valence-corrected chi connectivity index (χ4v) is 2.41. The zero-order valence-electron chi connectivity index (χ0n) is 13.3. The Morgan fingerprint density at radius 1 is 1.08 bits per heavy atom. The summed E-state index contributed by atoms with van der Waals surface area (Å²) in [6.07, 6.45) is 0.487. The third-order valence-electron chi connectivity index (χ3n) is 3.34. The fraction of sp³-hybridized carbons (Fsp3) is 0.222. The molecule has 2 aromatic rings. The van der Waals surface area contributed by atoms with Gasteiger partial charge in [-0.25, -0.2) is 0 Å². The highest BCUT2D eigenvalue weighted by molar-refractivity contribution is 6.32. The molecular weight excluding hydrogens is 328 g/mol. The van der Waals surface area contributed by atoms with E-state index < -0.39 is 5.91 Å². The molecule has 0 saturated carbocycles. The van der Waals surface area contributed by atoms with Crippen molar-refractivity contribution in [1.29, 1.82) is 0 Å². The van der Waals surface area contributed by atoms with Crippen LogP contribution in [0.3, 0.4) is 0 Å². The molecule has 0 heterocycles. The van der Waals surface area contributed by atoms with Gasteiger partial charge in [-0.1, -0.05) is 41.9 Å². The molecule has 0 radical (unpaired) electrons. The van der Waals surface area contributed by atoms with Crippen molar-refractivity contribution in [3.8, 4) is 5.75 Å². The monoisotopic (exact) mass is 346 g/mol. The van der Waals surface area contributed by atoms with Crippen molar-refractivity contribution in [3.05, 3.63) is 59.1 Å². The minimum atomic E-state index is -0.395. The number of methoxy groups -OCH3 is 1. The Morgan fingerprint density at radius 3 is 2.50 bits per heavy atom. The van der Waals surface area contributed by atoms with Crippen LogP contribution in [-0.2, 0) is 16.0 Å². The first-order valence-corrected chi connectivity index (χ1v) is 7.90. The summed E-state index contributed by atoms with van der Waals surface area (Å²) in [5.41, 5.74) is 1.65. The highest BCUT2D eigenvalue weighted by atomic mass is 35.5. The van der Waals surface area contributed by atoms with E-state index in [0.717, 1.165) is 12.0 Å². The molecule has 0 aliphatic rings. The maximum absolute atomic E-state index is 11.9. The van der Waals surface area contributed by atoms with Gasteiger partial charge in [0.1, 0.15) is 12.2 Å². The highest BCUT2D eigenvalue weighted by Crippen LogP contribution is 2.27. The molecule has 0 bridgehead atoms. The number of halogens is 1. The number of ether oxygens (including phenoxy) is 1. The minimum Gasteiger partial charge on any atom is -0.495 e. The molecule has 0 aliphatic carbocycles. The van der Waals surface area contributed by atoms with E-state index >= 15 is 0 Å². The lowest BCUT2D eigenvalue weighted by Gasteiger charge is -2.08. The molecule has 0 spiro atoms. The molecule has 0 saturated heterocycles. The molecular formula is C18H19ClN2O3. The average molecular weight is 347 g/mol. The van der Waals surface area contributed by atoms with Crippen molar-refractivity contribution in [1.82, 2.24) is 5.32 Å². The standard InChI is InChI=1S/C18H19ClN2O3/c1-24-16-8-7-14(11-15(16)19)21-18(23)12-17(22)20-10-9-13-5-3-2-4-6-13/h2-8,11H,9-10,12H2,1H3,(H,20,22)(H,21,23). The van der Waals surface area contributed by atoms with Gasteiger partial charge in [-0.2, -0.15) is 0 Å². The van der Waals surface area contributed by atoms with Gasteiger partial charge in [0.2, 0.25) is 11.8 Å². The summed E-state index contributed by atoms with van der Waals surface area (Å²) in [5, 5.41) is 5.76. The van der Waals surface area contributed by atoms with Gasteiger partial charge in [-0.05, 0) is 30.2 Å². The lowest BCUT2D eigenvalue weighted by molar-refractivity contribution is -0.126. The number of anilines is 1. The highest BCUT2D eigenvalue weighted by Gasteiger charge is 2.10. The molecule has 0 aliphatic heterocycles. The Labute approximate surface area is 146 Å². The van der Waals surface area contributed by atoms with Crippen molar-refractivity contribution < 1.29 is 14.3 Å². The number of benzene rings is 2. The second kappa shape index (κ2) is 8.93. The van der Waals surface area contributed by atoms with Gasteiger partial charge in [0, 0.05) is 12.2 Å².